The lowest BCUT2D eigenvalue weighted by Gasteiger charge is -2.05. The molecule has 2 aromatic rings. The number of carbonyl (C=O) groups excluding carboxylic acids is 1. The van der Waals surface area contributed by atoms with E-state index < -0.39 is 0 Å². The lowest BCUT2D eigenvalue weighted by atomic mass is 10.2. The molecular formula is C11H8Cl2N4O. The molecule has 0 saturated carbocycles. The van der Waals surface area contributed by atoms with Crippen LogP contribution in [0, 0.1) is 0 Å². The molecule has 0 spiro atoms. The monoisotopic (exact) mass is 282 g/mol. The molecule has 2 heterocycles. The second-order valence-electron chi connectivity index (χ2n) is 3.37. The molecule has 0 aliphatic heterocycles. The molecule has 0 radical (unpaired) electrons. The van der Waals surface area contributed by atoms with Crippen molar-refractivity contribution in [3.05, 3.63) is 52.0 Å². The van der Waals surface area contributed by atoms with Crippen molar-refractivity contribution in [2.75, 3.05) is 0 Å². The highest BCUT2D eigenvalue weighted by Crippen LogP contribution is 2.16. The topological polar surface area (TPSA) is 67.8 Å². The van der Waals surface area contributed by atoms with Gasteiger partial charge in [0.1, 0.15) is 10.3 Å². The highest BCUT2D eigenvalue weighted by molar-refractivity contribution is 6.34. The zero-order valence-corrected chi connectivity index (χ0v) is 10.6. The van der Waals surface area contributed by atoms with Gasteiger partial charge in [-0.2, -0.15) is 10.2 Å². The van der Waals surface area contributed by atoms with Crippen molar-refractivity contribution in [3.63, 3.8) is 0 Å². The summed E-state index contributed by atoms with van der Waals surface area (Å²) in [7, 11) is 0. The molecule has 18 heavy (non-hydrogen) atoms. The number of aromatic nitrogens is 3. The van der Waals surface area contributed by atoms with Gasteiger partial charge in [0.05, 0.1) is 17.8 Å². The number of hydrogen-bond donors (Lipinski definition) is 1. The van der Waals surface area contributed by atoms with Gasteiger partial charge in [-0.1, -0.05) is 23.2 Å². The van der Waals surface area contributed by atoms with Gasteiger partial charge in [-0.3, -0.25) is 4.79 Å². The van der Waals surface area contributed by atoms with Crippen LogP contribution in [0.25, 0.3) is 0 Å². The minimum atomic E-state index is -0.338. The van der Waals surface area contributed by atoms with E-state index in [2.05, 4.69) is 20.5 Å². The van der Waals surface area contributed by atoms with Gasteiger partial charge in [0.25, 0.3) is 5.91 Å². The molecule has 0 saturated heterocycles. The Kier molecular flexibility index (Phi) is 4.07. The predicted molar refractivity (Wildman–Crippen MR) is 67.5 cm³/mol. The van der Waals surface area contributed by atoms with E-state index in [0.29, 0.717) is 5.69 Å². The quantitative estimate of drug-likeness (QED) is 0.876. The summed E-state index contributed by atoms with van der Waals surface area (Å²) < 4.78 is 0. The molecule has 5 nitrogen and oxygen atoms in total. The standard InChI is InChI=1S/C11H8Cl2N4O/c12-9-4-3-8(10(13)16-9)11(18)14-6-7-2-1-5-15-17-7/h1-5H,6H2,(H,14,18). The maximum Gasteiger partial charge on any atom is 0.254 e. The van der Waals surface area contributed by atoms with Gasteiger partial charge in [0.15, 0.2) is 0 Å². The van der Waals surface area contributed by atoms with Crippen molar-refractivity contribution in [2.24, 2.45) is 0 Å². The summed E-state index contributed by atoms with van der Waals surface area (Å²) in [6.07, 6.45) is 1.56. The molecule has 0 aromatic carbocycles. The summed E-state index contributed by atoms with van der Waals surface area (Å²) in [5.74, 6) is -0.338. The third-order valence-corrected chi connectivity index (χ3v) is 2.62. The first-order valence-electron chi connectivity index (χ1n) is 5.03. The van der Waals surface area contributed by atoms with Crippen LogP contribution in [-0.2, 0) is 6.54 Å². The fourth-order valence-corrected chi connectivity index (χ4v) is 1.71. The van der Waals surface area contributed by atoms with E-state index in [1.165, 1.54) is 12.1 Å². The molecule has 0 aliphatic carbocycles. The van der Waals surface area contributed by atoms with E-state index in [0.717, 1.165) is 0 Å². The van der Waals surface area contributed by atoms with Crippen LogP contribution >= 0.6 is 23.2 Å². The maximum absolute atomic E-state index is 11.8. The van der Waals surface area contributed by atoms with Crippen LogP contribution in [0.15, 0.2) is 30.5 Å². The number of hydrogen-bond acceptors (Lipinski definition) is 4. The molecular weight excluding hydrogens is 275 g/mol. The molecule has 0 fully saturated rings. The minimum absolute atomic E-state index is 0.0687. The van der Waals surface area contributed by atoms with Gasteiger partial charge >= 0.3 is 0 Å². The van der Waals surface area contributed by atoms with Gasteiger partial charge in [-0.15, -0.1) is 0 Å². The Bertz CT molecular complexity index is 562. The van der Waals surface area contributed by atoms with E-state index in [-0.39, 0.29) is 28.3 Å². The number of pyridine rings is 1. The Morgan fingerprint density at radius 3 is 2.78 bits per heavy atom. The summed E-state index contributed by atoms with van der Waals surface area (Å²) in [6, 6.07) is 6.52. The van der Waals surface area contributed by atoms with E-state index in [4.69, 9.17) is 23.2 Å². The molecule has 0 bridgehead atoms. The minimum Gasteiger partial charge on any atom is -0.346 e. The SMILES string of the molecule is O=C(NCc1cccnn1)c1ccc(Cl)nc1Cl. The molecule has 2 rings (SSSR count). The molecule has 92 valence electrons. The smallest absolute Gasteiger partial charge is 0.254 e. The second kappa shape index (κ2) is 5.75. The Morgan fingerprint density at radius 1 is 1.28 bits per heavy atom. The van der Waals surface area contributed by atoms with Crippen LogP contribution in [0.4, 0.5) is 0 Å². The third kappa shape index (κ3) is 3.15. The molecule has 0 aliphatic rings. The summed E-state index contributed by atoms with van der Waals surface area (Å²) in [6.45, 7) is 0.269. The predicted octanol–water partition coefficient (Wildman–Crippen LogP) is 2.11. The average molecular weight is 283 g/mol. The zero-order chi connectivity index (χ0) is 13.0. The normalized spacial score (nSPS) is 10.1. The summed E-state index contributed by atoms with van der Waals surface area (Å²) in [4.78, 5) is 15.6. The number of rotatable bonds is 3. The highest BCUT2D eigenvalue weighted by atomic mass is 35.5. The van der Waals surface area contributed by atoms with Crippen LogP contribution in [0.5, 0.6) is 0 Å². The van der Waals surface area contributed by atoms with E-state index >= 15 is 0 Å². The van der Waals surface area contributed by atoms with Crippen molar-refractivity contribution < 1.29 is 4.79 Å². The number of halogens is 2. The van der Waals surface area contributed by atoms with Crippen molar-refractivity contribution in [1.82, 2.24) is 20.5 Å². The summed E-state index contributed by atoms with van der Waals surface area (Å²) >= 11 is 11.5. The van der Waals surface area contributed by atoms with Crippen LogP contribution in [0.2, 0.25) is 10.3 Å². The van der Waals surface area contributed by atoms with Crippen molar-refractivity contribution in [1.29, 1.82) is 0 Å². The Morgan fingerprint density at radius 2 is 2.11 bits per heavy atom. The van der Waals surface area contributed by atoms with Crippen LogP contribution < -0.4 is 5.32 Å². The fourth-order valence-electron chi connectivity index (χ4n) is 1.28. The Hall–Kier alpha value is -1.72. The molecule has 0 unspecified atom stereocenters. The van der Waals surface area contributed by atoms with Crippen LogP contribution in [0.1, 0.15) is 16.1 Å². The fraction of sp³-hybridized carbons (Fsp3) is 0.0909. The Balaban J connectivity index is 2.04. The molecule has 0 atom stereocenters. The maximum atomic E-state index is 11.8. The lowest BCUT2D eigenvalue weighted by Crippen LogP contribution is -2.24. The molecule has 1 amide bonds. The van der Waals surface area contributed by atoms with Gasteiger partial charge in [-0.25, -0.2) is 4.98 Å². The number of nitrogens with one attached hydrogen (secondary N) is 1. The van der Waals surface area contributed by atoms with Gasteiger partial charge in [0.2, 0.25) is 0 Å². The highest BCUT2D eigenvalue weighted by Gasteiger charge is 2.11. The summed E-state index contributed by atoms with van der Waals surface area (Å²) in [5.41, 5.74) is 0.925. The van der Waals surface area contributed by atoms with E-state index in [1.807, 2.05) is 0 Å². The lowest BCUT2D eigenvalue weighted by molar-refractivity contribution is 0.0950. The Labute approximate surface area is 113 Å². The van der Waals surface area contributed by atoms with Gasteiger partial charge in [-0.05, 0) is 24.3 Å². The molecule has 7 heteroatoms. The second-order valence-corrected chi connectivity index (χ2v) is 4.12. The third-order valence-electron chi connectivity index (χ3n) is 2.12. The van der Waals surface area contributed by atoms with Crippen LogP contribution in [0.3, 0.4) is 0 Å². The van der Waals surface area contributed by atoms with E-state index in [9.17, 15) is 4.79 Å². The largest absolute Gasteiger partial charge is 0.346 e. The number of amides is 1. The van der Waals surface area contributed by atoms with Crippen molar-refractivity contribution in [3.8, 4) is 0 Å². The number of carbonyl (C=O) groups is 1. The first-order chi connectivity index (χ1) is 8.66. The summed E-state index contributed by atoms with van der Waals surface area (Å²) in [5, 5.41) is 10.5. The van der Waals surface area contributed by atoms with Crippen LogP contribution in [-0.4, -0.2) is 21.1 Å². The van der Waals surface area contributed by atoms with Gasteiger partial charge < -0.3 is 5.32 Å². The number of nitrogens with zero attached hydrogens (tertiary/aromatic N) is 3. The zero-order valence-electron chi connectivity index (χ0n) is 9.10. The van der Waals surface area contributed by atoms with Crippen molar-refractivity contribution in [2.45, 2.75) is 6.54 Å². The first-order valence-corrected chi connectivity index (χ1v) is 5.79. The van der Waals surface area contributed by atoms with Crippen molar-refractivity contribution >= 4 is 29.1 Å². The van der Waals surface area contributed by atoms with Gasteiger partial charge in [0, 0.05) is 6.20 Å². The molecule has 1 N–H and O–H groups in total. The van der Waals surface area contributed by atoms with E-state index in [1.54, 1.807) is 18.3 Å². The molecule has 2 aromatic heterocycles. The average Bonchev–Trinajstić information content (AvgIpc) is 2.37. The first kappa shape index (κ1) is 12.7.